The SMILES string of the molecule is COC(=O)[C@@H]1Cc2ccccc2C[NH+]1CC(=O)NC(=O)NC12CC3CC(CC(C3)C1)C2. The molecule has 0 aromatic heterocycles. The minimum atomic E-state index is -0.447. The molecule has 4 fully saturated rings. The molecule has 31 heavy (non-hydrogen) atoms. The van der Waals surface area contributed by atoms with Gasteiger partial charge in [0.05, 0.1) is 7.11 Å². The number of quaternary nitrogens is 1. The summed E-state index contributed by atoms with van der Waals surface area (Å²) in [4.78, 5) is 38.6. The quantitative estimate of drug-likeness (QED) is 0.626. The van der Waals surface area contributed by atoms with E-state index in [0.717, 1.165) is 53.0 Å². The zero-order chi connectivity index (χ0) is 21.6. The van der Waals surface area contributed by atoms with E-state index in [1.54, 1.807) is 0 Å². The maximum absolute atomic E-state index is 12.7. The van der Waals surface area contributed by atoms with Gasteiger partial charge in [0.25, 0.3) is 5.91 Å². The molecule has 7 heteroatoms. The van der Waals surface area contributed by atoms with Crippen molar-refractivity contribution >= 4 is 17.9 Å². The van der Waals surface area contributed by atoms with Crippen LogP contribution in [0.5, 0.6) is 0 Å². The summed E-state index contributed by atoms with van der Waals surface area (Å²) in [6.45, 7) is 0.613. The Hall–Kier alpha value is -2.41. The molecular formula is C24H32N3O4+. The van der Waals surface area contributed by atoms with E-state index in [4.69, 9.17) is 4.74 Å². The van der Waals surface area contributed by atoms with Crippen LogP contribution in [0.15, 0.2) is 24.3 Å². The molecule has 3 N–H and O–H groups in total. The Bertz CT molecular complexity index is 863. The van der Waals surface area contributed by atoms with Crippen LogP contribution in [0, 0.1) is 17.8 Å². The molecule has 0 saturated heterocycles. The van der Waals surface area contributed by atoms with Gasteiger partial charge in [-0.05, 0) is 61.8 Å². The summed E-state index contributed by atoms with van der Waals surface area (Å²) in [7, 11) is 1.37. The third kappa shape index (κ3) is 4.07. The Labute approximate surface area is 182 Å². The highest BCUT2D eigenvalue weighted by atomic mass is 16.5. The number of hydrogen-bond donors (Lipinski definition) is 3. The normalized spacial score (nSPS) is 35.2. The maximum atomic E-state index is 12.7. The minimum Gasteiger partial charge on any atom is -0.465 e. The highest BCUT2D eigenvalue weighted by Gasteiger charge is 2.51. The molecule has 7 nitrogen and oxygen atoms in total. The Morgan fingerprint density at radius 1 is 1.03 bits per heavy atom. The molecule has 2 atom stereocenters. The molecule has 1 aromatic rings. The fourth-order valence-electron chi connectivity index (χ4n) is 7.15. The average Bonchev–Trinajstić information content (AvgIpc) is 2.71. The standard InChI is InChI=1S/C24H31N3O4/c1-31-22(29)20-9-18-4-2-3-5-19(18)13-27(20)14-21(28)25-23(30)26-24-10-15-6-16(11-24)8-17(7-15)12-24/h2-5,15-17,20H,6-14H2,1H3,(H2,25,26,28,30)/p+1/t15?,16?,17?,20-,24?/m0/s1. The lowest BCUT2D eigenvalue weighted by Crippen LogP contribution is -3.17. The van der Waals surface area contributed by atoms with Gasteiger partial charge in [-0.2, -0.15) is 0 Å². The van der Waals surface area contributed by atoms with Crippen LogP contribution in [-0.4, -0.2) is 43.1 Å². The first-order chi connectivity index (χ1) is 14.9. The van der Waals surface area contributed by atoms with Crippen molar-refractivity contribution in [2.75, 3.05) is 13.7 Å². The third-order valence-electron chi connectivity index (χ3n) is 8.00. The van der Waals surface area contributed by atoms with Crippen LogP contribution in [0.1, 0.15) is 49.7 Å². The summed E-state index contributed by atoms with van der Waals surface area (Å²) < 4.78 is 4.99. The lowest BCUT2D eigenvalue weighted by atomic mass is 9.53. The molecular weight excluding hydrogens is 394 g/mol. The summed E-state index contributed by atoms with van der Waals surface area (Å²) in [5.74, 6) is 1.49. The number of nitrogens with one attached hydrogen (secondary N) is 3. The molecule has 0 spiro atoms. The van der Waals surface area contributed by atoms with E-state index >= 15 is 0 Å². The van der Waals surface area contributed by atoms with Crippen LogP contribution in [0.4, 0.5) is 4.79 Å². The topological polar surface area (TPSA) is 88.9 Å². The molecule has 6 rings (SSSR count). The molecule has 4 bridgehead atoms. The van der Waals surface area contributed by atoms with Gasteiger partial charge in [-0.15, -0.1) is 0 Å². The molecule has 166 valence electrons. The van der Waals surface area contributed by atoms with E-state index in [1.165, 1.54) is 26.4 Å². The Balaban J connectivity index is 1.21. The van der Waals surface area contributed by atoms with Gasteiger partial charge in [0, 0.05) is 17.5 Å². The fraction of sp³-hybridized carbons (Fsp3) is 0.625. The lowest BCUT2D eigenvalue weighted by Gasteiger charge is -2.56. The van der Waals surface area contributed by atoms with Crippen molar-refractivity contribution in [2.45, 2.75) is 63.1 Å². The Morgan fingerprint density at radius 3 is 2.26 bits per heavy atom. The van der Waals surface area contributed by atoms with Gasteiger partial charge in [-0.3, -0.25) is 10.1 Å². The van der Waals surface area contributed by atoms with E-state index < -0.39 is 12.1 Å². The first-order valence-electron chi connectivity index (χ1n) is 11.5. The fourth-order valence-corrected chi connectivity index (χ4v) is 7.15. The van der Waals surface area contributed by atoms with Crippen molar-refractivity contribution in [1.29, 1.82) is 0 Å². The predicted octanol–water partition coefficient (Wildman–Crippen LogP) is 0.964. The number of ether oxygens (including phenoxy) is 1. The molecule has 0 radical (unpaired) electrons. The summed E-state index contributed by atoms with van der Waals surface area (Å²) in [6, 6.07) is 7.13. The third-order valence-corrected chi connectivity index (χ3v) is 8.00. The van der Waals surface area contributed by atoms with Crippen molar-refractivity contribution < 1.29 is 24.0 Å². The van der Waals surface area contributed by atoms with Crippen molar-refractivity contribution in [2.24, 2.45) is 17.8 Å². The number of imide groups is 1. The number of rotatable bonds is 4. The zero-order valence-corrected chi connectivity index (χ0v) is 18.1. The van der Waals surface area contributed by atoms with Crippen LogP contribution in [0.3, 0.4) is 0 Å². The van der Waals surface area contributed by atoms with Gasteiger partial charge in [0.15, 0.2) is 12.6 Å². The van der Waals surface area contributed by atoms with E-state index in [2.05, 4.69) is 10.6 Å². The zero-order valence-electron chi connectivity index (χ0n) is 18.1. The second-order valence-corrected chi connectivity index (χ2v) is 10.3. The smallest absolute Gasteiger partial charge is 0.365 e. The minimum absolute atomic E-state index is 0.0579. The number of amides is 3. The van der Waals surface area contributed by atoms with Gasteiger partial charge in [-0.1, -0.05) is 24.3 Å². The van der Waals surface area contributed by atoms with E-state index in [9.17, 15) is 14.4 Å². The monoisotopic (exact) mass is 426 g/mol. The van der Waals surface area contributed by atoms with Crippen LogP contribution >= 0.6 is 0 Å². The second-order valence-electron chi connectivity index (χ2n) is 10.3. The highest BCUT2D eigenvalue weighted by molar-refractivity contribution is 5.95. The van der Waals surface area contributed by atoms with Crippen LogP contribution in [-0.2, 0) is 27.3 Å². The Kier molecular flexibility index (Phi) is 5.24. The van der Waals surface area contributed by atoms with E-state index in [-0.39, 0.29) is 24.0 Å². The van der Waals surface area contributed by atoms with Crippen molar-refractivity contribution in [3.8, 4) is 0 Å². The number of benzene rings is 1. The van der Waals surface area contributed by atoms with Gasteiger partial charge in [0.2, 0.25) is 0 Å². The van der Waals surface area contributed by atoms with E-state index in [1.807, 2.05) is 24.3 Å². The van der Waals surface area contributed by atoms with Gasteiger partial charge in [0.1, 0.15) is 6.54 Å². The molecule has 4 aliphatic carbocycles. The summed E-state index contributed by atoms with van der Waals surface area (Å²) in [6.07, 6.45) is 7.56. The van der Waals surface area contributed by atoms with Gasteiger partial charge in [-0.25, -0.2) is 9.59 Å². The number of fused-ring (bicyclic) bond motifs is 1. The molecule has 1 aliphatic heterocycles. The Morgan fingerprint density at radius 2 is 1.65 bits per heavy atom. The number of esters is 1. The molecule has 1 unspecified atom stereocenters. The number of hydrogen-bond acceptors (Lipinski definition) is 4. The molecule has 1 heterocycles. The largest absolute Gasteiger partial charge is 0.465 e. The summed E-state index contributed by atoms with van der Waals surface area (Å²) in [5, 5.41) is 5.72. The molecule has 3 amide bonds. The highest BCUT2D eigenvalue weighted by Crippen LogP contribution is 2.55. The maximum Gasteiger partial charge on any atom is 0.365 e. The van der Waals surface area contributed by atoms with Crippen molar-refractivity contribution in [3.63, 3.8) is 0 Å². The molecule has 1 aromatic carbocycles. The van der Waals surface area contributed by atoms with Gasteiger partial charge >= 0.3 is 12.0 Å². The van der Waals surface area contributed by atoms with Crippen molar-refractivity contribution in [3.05, 3.63) is 35.4 Å². The average molecular weight is 427 g/mol. The number of carbonyl (C=O) groups excluding carboxylic acids is 3. The summed E-state index contributed by atoms with van der Waals surface area (Å²) in [5.41, 5.74) is 2.11. The number of methoxy groups -OCH3 is 1. The van der Waals surface area contributed by atoms with Crippen LogP contribution < -0.4 is 15.5 Å². The first kappa shape index (κ1) is 20.5. The van der Waals surface area contributed by atoms with Crippen LogP contribution in [0.2, 0.25) is 0 Å². The first-order valence-corrected chi connectivity index (χ1v) is 11.5. The lowest BCUT2D eigenvalue weighted by molar-refractivity contribution is -0.924. The van der Waals surface area contributed by atoms with Crippen molar-refractivity contribution in [1.82, 2.24) is 10.6 Å². The molecule has 4 saturated carbocycles. The predicted molar refractivity (Wildman–Crippen MR) is 113 cm³/mol. The van der Waals surface area contributed by atoms with E-state index in [0.29, 0.717) is 13.0 Å². The molecule has 5 aliphatic rings. The summed E-state index contributed by atoms with van der Waals surface area (Å²) >= 11 is 0. The number of urea groups is 1. The second kappa shape index (κ2) is 7.93. The number of carbonyl (C=O) groups is 3. The van der Waals surface area contributed by atoms with Crippen LogP contribution in [0.25, 0.3) is 0 Å². The van der Waals surface area contributed by atoms with Gasteiger partial charge < -0.3 is 15.0 Å².